The zero-order chi connectivity index (χ0) is 16.4. The van der Waals surface area contributed by atoms with Crippen molar-refractivity contribution in [1.29, 1.82) is 0 Å². The van der Waals surface area contributed by atoms with Crippen LogP contribution in [0.15, 0.2) is 42.7 Å². The Balaban J connectivity index is 2.08. The number of carbonyl (C=O) groups is 1. The van der Waals surface area contributed by atoms with E-state index in [1.807, 2.05) is 30.3 Å². The molecule has 116 valence electrons. The maximum atomic E-state index is 11.4. The number of ether oxygens (including phenoxy) is 1. The lowest BCUT2D eigenvalue weighted by molar-refractivity contribution is 0.100. The molecule has 0 saturated carbocycles. The molecule has 2 heterocycles. The Kier molecular flexibility index (Phi) is 4.23. The SMILES string of the molecule is COCc1ccc(-c2ccc3ncc(C(N)=O)c(Cl)c3c2)cn1. The first-order chi connectivity index (χ1) is 11.1. The summed E-state index contributed by atoms with van der Waals surface area (Å²) < 4.78 is 5.05. The Bertz CT molecular complexity index is 879. The van der Waals surface area contributed by atoms with Crippen molar-refractivity contribution >= 4 is 28.4 Å². The lowest BCUT2D eigenvalue weighted by atomic mass is 10.0. The Morgan fingerprint density at radius 1 is 1.17 bits per heavy atom. The molecule has 0 fully saturated rings. The highest BCUT2D eigenvalue weighted by Crippen LogP contribution is 2.30. The number of nitrogens with two attached hydrogens (primary N) is 1. The number of nitrogens with zero attached hydrogens (tertiary/aromatic N) is 2. The molecule has 3 rings (SSSR count). The molecule has 0 aliphatic carbocycles. The largest absolute Gasteiger partial charge is 0.378 e. The van der Waals surface area contributed by atoms with Crippen LogP contribution in [-0.2, 0) is 11.3 Å². The van der Waals surface area contributed by atoms with Gasteiger partial charge < -0.3 is 10.5 Å². The molecule has 0 spiro atoms. The molecular formula is C17H14ClN3O2. The molecule has 2 aromatic heterocycles. The van der Waals surface area contributed by atoms with Gasteiger partial charge in [0, 0.05) is 30.5 Å². The van der Waals surface area contributed by atoms with E-state index >= 15 is 0 Å². The van der Waals surface area contributed by atoms with Crippen molar-refractivity contribution in [2.75, 3.05) is 7.11 Å². The summed E-state index contributed by atoms with van der Waals surface area (Å²) >= 11 is 6.29. The molecule has 3 aromatic rings. The number of carbonyl (C=O) groups excluding carboxylic acids is 1. The second-order valence-corrected chi connectivity index (χ2v) is 5.43. The van der Waals surface area contributed by atoms with Crippen molar-refractivity contribution in [3.63, 3.8) is 0 Å². The third kappa shape index (κ3) is 3.02. The standard InChI is InChI=1S/C17H14ClN3O2/c1-23-9-12-4-2-11(7-20-12)10-3-5-15-13(6-10)16(18)14(8-21-15)17(19)22/h2-8H,9H2,1H3,(H2,19,22). The van der Waals surface area contributed by atoms with Gasteiger partial charge in [0.1, 0.15) is 0 Å². The third-order valence-corrected chi connectivity index (χ3v) is 3.93. The molecule has 0 saturated heterocycles. The first-order valence-corrected chi connectivity index (χ1v) is 7.30. The van der Waals surface area contributed by atoms with Crippen LogP contribution in [0.3, 0.4) is 0 Å². The summed E-state index contributed by atoms with van der Waals surface area (Å²) in [6.07, 6.45) is 3.17. The monoisotopic (exact) mass is 327 g/mol. The Hall–Kier alpha value is -2.50. The third-order valence-electron chi connectivity index (χ3n) is 3.52. The van der Waals surface area contributed by atoms with Crippen molar-refractivity contribution in [3.05, 3.63) is 59.0 Å². The van der Waals surface area contributed by atoms with Gasteiger partial charge in [0.15, 0.2) is 0 Å². The number of aromatic nitrogens is 2. The number of hydrogen-bond donors (Lipinski definition) is 1. The lowest BCUT2D eigenvalue weighted by Crippen LogP contribution is -2.12. The molecule has 6 heteroatoms. The number of halogens is 1. The summed E-state index contributed by atoms with van der Waals surface area (Å²) in [6.45, 7) is 0.468. The number of methoxy groups -OCH3 is 1. The molecule has 1 aromatic carbocycles. The maximum Gasteiger partial charge on any atom is 0.251 e. The fourth-order valence-electron chi connectivity index (χ4n) is 2.34. The molecule has 0 aliphatic rings. The van der Waals surface area contributed by atoms with E-state index in [4.69, 9.17) is 22.1 Å². The van der Waals surface area contributed by atoms with Crippen molar-refractivity contribution in [2.24, 2.45) is 5.73 Å². The van der Waals surface area contributed by atoms with Crippen LogP contribution in [-0.4, -0.2) is 23.0 Å². The molecule has 23 heavy (non-hydrogen) atoms. The quantitative estimate of drug-likeness (QED) is 0.798. The van der Waals surface area contributed by atoms with E-state index in [9.17, 15) is 4.79 Å². The van der Waals surface area contributed by atoms with Gasteiger partial charge in [-0.1, -0.05) is 23.7 Å². The molecule has 0 radical (unpaired) electrons. The van der Waals surface area contributed by atoms with Crippen LogP contribution in [0.25, 0.3) is 22.0 Å². The second-order valence-electron chi connectivity index (χ2n) is 5.05. The molecule has 0 unspecified atom stereocenters. The normalized spacial score (nSPS) is 10.9. The van der Waals surface area contributed by atoms with Gasteiger partial charge in [0.05, 0.1) is 28.4 Å². The summed E-state index contributed by atoms with van der Waals surface area (Å²) in [6, 6.07) is 9.53. The van der Waals surface area contributed by atoms with Crippen molar-refractivity contribution in [1.82, 2.24) is 9.97 Å². The summed E-state index contributed by atoms with van der Waals surface area (Å²) in [4.78, 5) is 20.0. The van der Waals surface area contributed by atoms with Crippen LogP contribution >= 0.6 is 11.6 Å². The van der Waals surface area contributed by atoms with E-state index in [0.717, 1.165) is 16.8 Å². The van der Waals surface area contributed by atoms with E-state index in [1.54, 1.807) is 13.3 Å². The van der Waals surface area contributed by atoms with Crippen LogP contribution < -0.4 is 5.73 Å². The van der Waals surface area contributed by atoms with E-state index < -0.39 is 5.91 Å². The van der Waals surface area contributed by atoms with Crippen LogP contribution in [0.2, 0.25) is 5.02 Å². The first kappa shape index (κ1) is 15.4. The molecule has 0 atom stereocenters. The first-order valence-electron chi connectivity index (χ1n) is 6.92. The van der Waals surface area contributed by atoms with Gasteiger partial charge in [-0.05, 0) is 23.8 Å². The summed E-state index contributed by atoms with van der Waals surface area (Å²) in [5, 5.41) is 0.995. The highest BCUT2D eigenvalue weighted by atomic mass is 35.5. The topological polar surface area (TPSA) is 78.1 Å². The van der Waals surface area contributed by atoms with E-state index in [1.165, 1.54) is 6.20 Å². The number of amides is 1. The van der Waals surface area contributed by atoms with Gasteiger partial charge in [-0.25, -0.2) is 0 Å². The van der Waals surface area contributed by atoms with Gasteiger partial charge in [0.2, 0.25) is 0 Å². The Morgan fingerprint density at radius 2 is 1.96 bits per heavy atom. The highest BCUT2D eigenvalue weighted by molar-refractivity contribution is 6.38. The predicted octanol–water partition coefficient (Wildman–Crippen LogP) is 3.20. The minimum atomic E-state index is -0.597. The van der Waals surface area contributed by atoms with Crippen molar-refractivity contribution in [3.8, 4) is 11.1 Å². The van der Waals surface area contributed by atoms with Gasteiger partial charge >= 0.3 is 0 Å². The van der Waals surface area contributed by atoms with Crippen LogP contribution in [0.4, 0.5) is 0 Å². The number of hydrogen-bond acceptors (Lipinski definition) is 4. The average molecular weight is 328 g/mol. The van der Waals surface area contributed by atoms with Crippen LogP contribution in [0.1, 0.15) is 16.1 Å². The number of rotatable bonds is 4. The van der Waals surface area contributed by atoms with Crippen molar-refractivity contribution in [2.45, 2.75) is 6.61 Å². The van der Waals surface area contributed by atoms with Crippen LogP contribution in [0.5, 0.6) is 0 Å². The molecule has 2 N–H and O–H groups in total. The molecule has 0 aliphatic heterocycles. The Labute approximate surface area is 138 Å². The summed E-state index contributed by atoms with van der Waals surface area (Å²) in [5.41, 5.74) is 8.95. The smallest absolute Gasteiger partial charge is 0.251 e. The zero-order valence-electron chi connectivity index (χ0n) is 12.4. The second kappa shape index (κ2) is 6.32. The molecule has 5 nitrogen and oxygen atoms in total. The number of pyridine rings is 2. The van der Waals surface area contributed by atoms with E-state index in [0.29, 0.717) is 22.5 Å². The number of primary amides is 1. The van der Waals surface area contributed by atoms with Gasteiger partial charge in [-0.15, -0.1) is 0 Å². The summed E-state index contributed by atoms with van der Waals surface area (Å²) in [7, 11) is 1.63. The minimum Gasteiger partial charge on any atom is -0.378 e. The predicted molar refractivity (Wildman–Crippen MR) is 89.2 cm³/mol. The maximum absolute atomic E-state index is 11.4. The van der Waals surface area contributed by atoms with Crippen LogP contribution in [0, 0.1) is 0 Å². The van der Waals surface area contributed by atoms with Gasteiger partial charge in [-0.3, -0.25) is 14.8 Å². The zero-order valence-corrected chi connectivity index (χ0v) is 13.2. The minimum absolute atomic E-state index is 0.213. The summed E-state index contributed by atoms with van der Waals surface area (Å²) in [5.74, 6) is -0.597. The van der Waals surface area contributed by atoms with Crippen molar-refractivity contribution < 1.29 is 9.53 Å². The lowest BCUT2D eigenvalue weighted by Gasteiger charge is -2.08. The fourth-order valence-corrected chi connectivity index (χ4v) is 2.63. The number of benzene rings is 1. The number of fused-ring (bicyclic) bond motifs is 1. The molecule has 1 amide bonds. The average Bonchev–Trinajstić information content (AvgIpc) is 2.56. The highest BCUT2D eigenvalue weighted by Gasteiger charge is 2.12. The van der Waals surface area contributed by atoms with E-state index in [-0.39, 0.29) is 5.56 Å². The van der Waals surface area contributed by atoms with E-state index in [2.05, 4.69) is 9.97 Å². The van der Waals surface area contributed by atoms with Gasteiger partial charge in [0.25, 0.3) is 5.91 Å². The molecule has 0 bridgehead atoms. The molecular weight excluding hydrogens is 314 g/mol. The van der Waals surface area contributed by atoms with Gasteiger partial charge in [-0.2, -0.15) is 0 Å². The Morgan fingerprint density at radius 3 is 2.61 bits per heavy atom. The fraction of sp³-hybridized carbons (Fsp3) is 0.118.